The zero-order valence-electron chi connectivity index (χ0n) is 10.2. The van der Waals surface area contributed by atoms with E-state index in [9.17, 15) is 14.0 Å². The maximum atomic E-state index is 13.5. The number of rotatable bonds is 6. The molecule has 1 aromatic rings. The fourth-order valence-corrected chi connectivity index (χ4v) is 2.42. The van der Waals surface area contributed by atoms with Crippen LogP contribution in [0.3, 0.4) is 0 Å². The van der Waals surface area contributed by atoms with Gasteiger partial charge in [0.25, 0.3) is 0 Å². The van der Waals surface area contributed by atoms with Crippen LogP contribution in [-0.2, 0) is 16.1 Å². The Kier molecular flexibility index (Phi) is 6.30. The molecule has 0 heterocycles. The van der Waals surface area contributed by atoms with Crippen LogP contribution in [0.2, 0.25) is 0 Å². The normalized spacial score (nSPS) is 10.3. The molecule has 0 aliphatic carbocycles. The molecule has 1 rings (SSSR count). The summed E-state index contributed by atoms with van der Waals surface area (Å²) in [5.41, 5.74) is 0.411. The van der Waals surface area contributed by atoms with E-state index in [1.165, 1.54) is 11.0 Å². The first-order chi connectivity index (χ1) is 8.90. The van der Waals surface area contributed by atoms with E-state index in [0.29, 0.717) is 5.56 Å². The highest BCUT2D eigenvalue weighted by Crippen LogP contribution is 2.17. The molecule has 1 amide bonds. The number of halogens is 2. The number of hydrogen-bond acceptors (Lipinski definition) is 3. The largest absolute Gasteiger partial charge is 0.481 e. The molecule has 0 unspecified atom stereocenters. The molecule has 0 radical (unpaired) electrons. The molecule has 0 bridgehead atoms. The Balaban J connectivity index is 2.53. The van der Waals surface area contributed by atoms with Crippen molar-refractivity contribution in [2.75, 3.05) is 18.6 Å². The SMILES string of the molecule is CN(Cc1cc(Br)ccc1F)C(=O)CSCC(=O)O. The van der Waals surface area contributed by atoms with E-state index in [0.717, 1.165) is 16.2 Å². The molecule has 0 spiro atoms. The van der Waals surface area contributed by atoms with E-state index in [-0.39, 0.29) is 29.8 Å². The molecule has 104 valence electrons. The molecule has 0 saturated carbocycles. The predicted octanol–water partition coefficient (Wildman–Crippen LogP) is 2.36. The lowest BCUT2D eigenvalue weighted by Crippen LogP contribution is -2.28. The molecule has 7 heteroatoms. The average molecular weight is 350 g/mol. The minimum Gasteiger partial charge on any atom is -0.481 e. The molecule has 1 aromatic carbocycles. The Morgan fingerprint density at radius 3 is 2.74 bits per heavy atom. The lowest BCUT2D eigenvalue weighted by Gasteiger charge is -2.17. The quantitative estimate of drug-likeness (QED) is 0.856. The standard InChI is InChI=1S/C12H13BrFNO3S/c1-15(11(16)6-19-7-12(17)18)5-8-4-9(13)2-3-10(8)14/h2-4H,5-7H2,1H3,(H,17,18). The summed E-state index contributed by atoms with van der Waals surface area (Å²) in [7, 11) is 1.56. The zero-order valence-corrected chi connectivity index (χ0v) is 12.6. The van der Waals surface area contributed by atoms with Crippen molar-refractivity contribution < 1.29 is 19.1 Å². The summed E-state index contributed by atoms with van der Waals surface area (Å²) in [6.07, 6.45) is 0. The van der Waals surface area contributed by atoms with E-state index < -0.39 is 5.97 Å². The van der Waals surface area contributed by atoms with Gasteiger partial charge in [-0.15, -0.1) is 11.8 Å². The minimum atomic E-state index is -0.960. The second kappa shape index (κ2) is 7.49. The van der Waals surface area contributed by atoms with E-state index in [1.54, 1.807) is 19.2 Å². The van der Waals surface area contributed by atoms with Crippen molar-refractivity contribution in [2.45, 2.75) is 6.54 Å². The van der Waals surface area contributed by atoms with Gasteiger partial charge in [0.15, 0.2) is 0 Å². The fraction of sp³-hybridized carbons (Fsp3) is 0.333. The van der Waals surface area contributed by atoms with Crippen molar-refractivity contribution in [2.24, 2.45) is 0 Å². The first-order valence-corrected chi connectivity index (χ1v) is 7.32. The number of carbonyl (C=O) groups excluding carboxylic acids is 1. The van der Waals surface area contributed by atoms with Gasteiger partial charge < -0.3 is 10.0 Å². The van der Waals surface area contributed by atoms with Crippen LogP contribution >= 0.6 is 27.7 Å². The van der Waals surface area contributed by atoms with Crippen LogP contribution in [0.25, 0.3) is 0 Å². The Hall–Kier alpha value is -1.08. The number of carbonyl (C=O) groups is 2. The van der Waals surface area contributed by atoms with Crippen molar-refractivity contribution in [3.05, 3.63) is 34.1 Å². The fourth-order valence-electron chi connectivity index (χ4n) is 1.34. The number of nitrogens with zero attached hydrogens (tertiary/aromatic N) is 1. The van der Waals surface area contributed by atoms with Gasteiger partial charge in [0.05, 0.1) is 11.5 Å². The summed E-state index contributed by atoms with van der Waals surface area (Å²) >= 11 is 4.26. The Morgan fingerprint density at radius 2 is 2.11 bits per heavy atom. The summed E-state index contributed by atoms with van der Waals surface area (Å²) in [5, 5.41) is 8.47. The number of thioether (sulfide) groups is 1. The number of benzene rings is 1. The van der Waals surface area contributed by atoms with Gasteiger partial charge in [-0.2, -0.15) is 0 Å². The Morgan fingerprint density at radius 1 is 1.42 bits per heavy atom. The van der Waals surface area contributed by atoms with Gasteiger partial charge in [-0.25, -0.2) is 4.39 Å². The Bertz CT molecular complexity index is 484. The zero-order chi connectivity index (χ0) is 14.4. The van der Waals surface area contributed by atoms with Crippen molar-refractivity contribution in [3.8, 4) is 0 Å². The van der Waals surface area contributed by atoms with E-state index >= 15 is 0 Å². The number of hydrogen-bond donors (Lipinski definition) is 1. The minimum absolute atomic E-state index is 0.0679. The monoisotopic (exact) mass is 349 g/mol. The molecule has 19 heavy (non-hydrogen) atoms. The average Bonchev–Trinajstić information content (AvgIpc) is 2.33. The molecule has 0 atom stereocenters. The van der Waals surface area contributed by atoms with Gasteiger partial charge in [0, 0.05) is 23.6 Å². The number of carboxylic acids is 1. The maximum Gasteiger partial charge on any atom is 0.313 e. The molecule has 4 nitrogen and oxygen atoms in total. The number of aliphatic carboxylic acids is 1. The number of carboxylic acid groups (broad SMARTS) is 1. The van der Waals surface area contributed by atoms with Crippen molar-refractivity contribution in [3.63, 3.8) is 0 Å². The highest BCUT2D eigenvalue weighted by Gasteiger charge is 2.12. The molecule has 0 aromatic heterocycles. The lowest BCUT2D eigenvalue weighted by atomic mass is 10.2. The van der Waals surface area contributed by atoms with Crippen LogP contribution in [0.4, 0.5) is 4.39 Å². The summed E-state index contributed by atoms with van der Waals surface area (Å²) in [6, 6.07) is 4.53. The van der Waals surface area contributed by atoms with Crippen molar-refractivity contribution >= 4 is 39.6 Å². The first kappa shape index (κ1) is 16.0. The molecule has 0 aliphatic rings. The smallest absolute Gasteiger partial charge is 0.313 e. The molecule has 0 fully saturated rings. The van der Waals surface area contributed by atoms with Gasteiger partial charge in [0.1, 0.15) is 5.82 Å². The van der Waals surface area contributed by atoms with E-state index in [2.05, 4.69) is 15.9 Å². The second-order valence-corrected chi connectivity index (χ2v) is 5.77. The third kappa shape index (κ3) is 5.61. The summed E-state index contributed by atoms with van der Waals surface area (Å²) in [6.45, 7) is 0.151. The third-order valence-electron chi connectivity index (χ3n) is 2.29. The van der Waals surface area contributed by atoms with Crippen LogP contribution in [0.5, 0.6) is 0 Å². The van der Waals surface area contributed by atoms with Gasteiger partial charge in [-0.1, -0.05) is 15.9 Å². The van der Waals surface area contributed by atoms with Gasteiger partial charge >= 0.3 is 5.97 Å². The maximum absolute atomic E-state index is 13.5. The van der Waals surface area contributed by atoms with E-state index in [1.807, 2.05) is 0 Å². The lowest BCUT2D eigenvalue weighted by molar-refractivity contribution is -0.133. The molecular formula is C12H13BrFNO3S. The van der Waals surface area contributed by atoms with Gasteiger partial charge in [-0.05, 0) is 18.2 Å². The molecule has 0 aliphatic heterocycles. The van der Waals surface area contributed by atoms with Crippen molar-refractivity contribution in [1.29, 1.82) is 0 Å². The molecule has 0 saturated heterocycles. The van der Waals surface area contributed by atoms with Gasteiger partial charge in [0.2, 0.25) is 5.91 Å². The van der Waals surface area contributed by atoms with Crippen LogP contribution in [-0.4, -0.2) is 40.4 Å². The Labute approximate surface area is 123 Å². The number of amides is 1. The highest BCUT2D eigenvalue weighted by molar-refractivity contribution is 9.10. The summed E-state index contributed by atoms with van der Waals surface area (Å²) in [5.74, 6) is -1.62. The summed E-state index contributed by atoms with van der Waals surface area (Å²) in [4.78, 5) is 23.4. The summed E-state index contributed by atoms with van der Waals surface area (Å²) < 4.78 is 14.3. The second-order valence-electron chi connectivity index (χ2n) is 3.87. The third-order valence-corrected chi connectivity index (χ3v) is 3.69. The topological polar surface area (TPSA) is 57.6 Å². The predicted molar refractivity (Wildman–Crippen MR) is 75.5 cm³/mol. The first-order valence-electron chi connectivity index (χ1n) is 5.37. The van der Waals surface area contributed by atoms with Crippen LogP contribution in [0.1, 0.15) is 5.56 Å². The van der Waals surface area contributed by atoms with Crippen LogP contribution in [0, 0.1) is 5.82 Å². The highest BCUT2D eigenvalue weighted by atomic mass is 79.9. The van der Waals surface area contributed by atoms with Crippen LogP contribution in [0.15, 0.2) is 22.7 Å². The van der Waals surface area contributed by atoms with Crippen molar-refractivity contribution in [1.82, 2.24) is 4.90 Å². The van der Waals surface area contributed by atoms with Crippen LogP contribution < -0.4 is 0 Å². The molecular weight excluding hydrogens is 337 g/mol. The molecule has 1 N–H and O–H groups in total. The van der Waals surface area contributed by atoms with E-state index in [4.69, 9.17) is 5.11 Å². The van der Waals surface area contributed by atoms with Gasteiger partial charge in [-0.3, -0.25) is 9.59 Å².